The number of carbonyl (C=O) groups excluding carboxylic acids is 1. The van der Waals surface area contributed by atoms with Gasteiger partial charge in [0.05, 0.1) is 11.7 Å². The van der Waals surface area contributed by atoms with E-state index in [9.17, 15) is 18.3 Å². The summed E-state index contributed by atoms with van der Waals surface area (Å²) < 4.78 is 28.2. The zero-order valence-corrected chi connectivity index (χ0v) is 9.37. The molecule has 0 amide bonds. The normalized spacial score (nSPS) is 13.2. The van der Waals surface area contributed by atoms with Crippen LogP contribution in [0.15, 0.2) is 0 Å². The molecule has 0 heterocycles. The van der Waals surface area contributed by atoms with Gasteiger partial charge in [0.1, 0.15) is 0 Å². The predicted octanol–water partition coefficient (Wildman–Crippen LogP) is -5.65. The van der Waals surface area contributed by atoms with Gasteiger partial charge in [-0.05, 0) is 6.42 Å². The summed E-state index contributed by atoms with van der Waals surface area (Å²) in [7, 11) is -4.12. The quantitative estimate of drug-likeness (QED) is 0.348. The molecule has 0 saturated heterocycles. The van der Waals surface area contributed by atoms with Gasteiger partial charge in [-0.2, -0.15) is 8.42 Å². The summed E-state index contributed by atoms with van der Waals surface area (Å²) in [6, 6.07) is -1.35. The first-order valence-electron chi connectivity index (χ1n) is 2.74. The fraction of sp³-hybridized carbons (Fsp3) is 0.750. The van der Waals surface area contributed by atoms with Crippen LogP contribution in [0.25, 0.3) is 0 Å². The van der Waals surface area contributed by atoms with Crippen molar-refractivity contribution in [3.05, 3.63) is 0 Å². The molecule has 0 fully saturated rings. The van der Waals surface area contributed by atoms with Crippen LogP contribution in [0, 0.1) is 0 Å². The number of hydrogen-bond acceptors (Lipinski definition) is 5. The minimum atomic E-state index is -4.12. The van der Waals surface area contributed by atoms with Crippen molar-refractivity contribution in [3.63, 3.8) is 0 Å². The van der Waals surface area contributed by atoms with E-state index in [1.54, 1.807) is 0 Å². The Morgan fingerprint density at radius 1 is 1.58 bits per heavy atom. The van der Waals surface area contributed by atoms with Crippen molar-refractivity contribution in [2.75, 3.05) is 5.75 Å². The number of carboxylic acid groups (broad SMARTS) is 1. The van der Waals surface area contributed by atoms with Gasteiger partial charge in [-0.1, -0.05) is 0 Å². The van der Waals surface area contributed by atoms with Crippen molar-refractivity contribution in [2.24, 2.45) is 5.73 Å². The Morgan fingerprint density at radius 2 is 2.00 bits per heavy atom. The van der Waals surface area contributed by atoms with Gasteiger partial charge in [0.2, 0.25) is 0 Å². The minimum Gasteiger partial charge on any atom is -0.548 e. The number of hydrogen-bond donors (Lipinski definition) is 2. The van der Waals surface area contributed by atoms with E-state index >= 15 is 0 Å². The van der Waals surface area contributed by atoms with Crippen molar-refractivity contribution in [1.82, 2.24) is 0 Å². The van der Waals surface area contributed by atoms with Crippen LogP contribution < -0.4 is 40.4 Å². The van der Waals surface area contributed by atoms with Gasteiger partial charge in [0.15, 0.2) is 0 Å². The summed E-state index contributed by atoms with van der Waals surface area (Å²) in [4.78, 5) is 9.90. The number of rotatable bonds is 4. The molecule has 12 heavy (non-hydrogen) atoms. The van der Waals surface area contributed by atoms with Crippen molar-refractivity contribution >= 4 is 16.1 Å². The molecule has 0 rings (SSSR count). The maximum Gasteiger partial charge on any atom is 1.00 e. The van der Waals surface area contributed by atoms with Gasteiger partial charge in [0, 0.05) is 6.04 Å². The first kappa shape index (κ1) is 14.8. The molecule has 0 aromatic carbocycles. The van der Waals surface area contributed by atoms with E-state index in [2.05, 4.69) is 0 Å². The Kier molecular flexibility index (Phi) is 7.29. The average Bonchev–Trinajstić information content (AvgIpc) is 1.80. The topological polar surface area (TPSA) is 121 Å². The Balaban J connectivity index is 0. The van der Waals surface area contributed by atoms with Crippen LogP contribution in [0.3, 0.4) is 0 Å². The molecule has 0 radical (unpaired) electrons. The van der Waals surface area contributed by atoms with E-state index in [4.69, 9.17) is 10.3 Å². The summed E-state index contributed by atoms with van der Waals surface area (Å²) >= 11 is 0. The predicted molar refractivity (Wildman–Crippen MR) is 34.0 cm³/mol. The molecule has 0 aromatic rings. The molecule has 3 N–H and O–H groups in total. The van der Waals surface area contributed by atoms with Crippen molar-refractivity contribution in [3.8, 4) is 0 Å². The van der Waals surface area contributed by atoms with Gasteiger partial charge in [0.25, 0.3) is 10.1 Å². The third-order valence-corrected chi connectivity index (χ3v) is 1.74. The van der Waals surface area contributed by atoms with Gasteiger partial charge >= 0.3 is 29.6 Å². The van der Waals surface area contributed by atoms with Crippen LogP contribution in [-0.4, -0.2) is 30.7 Å². The summed E-state index contributed by atoms with van der Waals surface area (Å²) in [5, 5.41) is 9.90. The van der Waals surface area contributed by atoms with Gasteiger partial charge in [-0.25, -0.2) is 0 Å². The summed E-state index contributed by atoms with van der Waals surface area (Å²) in [5.41, 5.74) is 4.89. The monoisotopic (exact) mass is 205 g/mol. The number of aliphatic carboxylic acids is 1. The largest absolute Gasteiger partial charge is 1.00 e. The van der Waals surface area contributed by atoms with Crippen LogP contribution in [0.2, 0.25) is 0 Å². The molecule has 0 saturated carbocycles. The fourth-order valence-corrected chi connectivity index (χ4v) is 0.946. The SMILES string of the molecule is N[C@@H](CCS(=O)(=O)O)C(=O)[O-].[Na+]. The molecule has 0 bridgehead atoms. The van der Waals surface area contributed by atoms with Crippen LogP contribution in [0.4, 0.5) is 0 Å². The molecule has 6 nitrogen and oxygen atoms in total. The average molecular weight is 205 g/mol. The Labute approximate surface area is 92.2 Å². The number of carbonyl (C=O) groups is 1. The number of nitrogens with two attached hydrogens (primary N) is 1. The van der Waals surface area contributed by atoms with E-state index in [1.165, 1.54) is 0 Å². The van der Waals surface area contributed by atoms with Crippen LogP contribution in [0.1, 0.15) is 6.42 Å². The zero-order valence-electron chi connectivity index (χ0n) is 6.56. The van der Waals surface area contributed by atoms with E-state index in [0.717, 1.165) is 0 Å². The van der Waals surface area contributed by atoms with E-state index < -0.39 is 27.9 Å². The van der Waals surface area contributed by atoms with Crippen molar-refractivity contribution < 1.29 is 52.4 Å². The maximum atomic E-state index is 10.0. The third-order valence-electron chi connectivity index (χ3n) is 0.990. The summed E-state index contributed by atoms with van der Waals surface area (Å²) in [6.45, 7) is 0. The molecule has 8 heteroatoms. The fourth-order valence-electron chi connectivity index (χ4n) is 0.394. The smallest absolute Gasteiger partial charge is 0.548 e. The molecule has 0 aliphatic heterocycles. The standard InChI is InChI=1S/C4H9NO5S.Na/c5-3(4(6)7)1-2-11(8,9)10;/h3H,1-2,5H2,(H,6,7)(H,8,9,10);/q;+1/p-1/t3-;/m0./s1. The molecule has 0 spiro atoms. The van der Waals surface area contributed by atoms with E-state index in [-0.39, 0.29) is 36.0 Å². The zero-order chi connectivity index (χ0) is 9.07. The van der Waals surface area contributed by atoms with Crippen LogP contribution in [-0.2, 0) is 14.9 Å². The van der Waals surface area contributed by atoms with Crippen molar-refractivity contribution in [1.29, 1.82) is 0 Å². The molecule has 0 aliphatic rings. The van der Waals surface area contributed by atoms with Gasteiger partial charge in [-0.3, -0.25) is 4.55 Å². The molecule has 0 aliphatic carbocycles. The molecule has 66 valence electrons. The molecular weight excluding hydrogens is 197 g/mol. The van der Waals surface area contributed by atoms with Crippen molar-refractivity contribution in [2.45, 2.75) is 12.5 Å². The van der Waals surface area contributed by atoms with E-state index in [1.807, 2.05) is 0 Å². The second-order valence-corrected chi connectivity index (χ2v) is 3.57. The number of carboxylic acids is 1. The minimum absolute atomic E-state index is 0. The van der Waals surface area contributed by atoms with Gasteiger partial charge in [-0.15, -0.1) is 0 Å². The maximum absolute atomic E-state index is 10.0. The Morgan fingerprint density at radius 3 is 2.25 bits per heavy atom. The second kappa shape index (κ2) is 5.90. The second-order valence-electron chi connectivity index (χ2n) is 2.00. The van der Waals surface area contributed by atoms with Crippen LogP contribution >= 0.6 is 0 Å². The Hall–Kier alpha value is 0.340. The molecule has 0 aromatic heterocycles. The van der Waals surface area contributed by atoms with E-state index in [0.29, 0.717) is 0 Å². The third kappa shape index (κ3) is 8.44. The first-order valence-corrected chi connectivity index (χ1v) is 4.35. The molecular formula is C4H8NNaO5S. The van der Waals surface area contributed by atoms with Crippen LogP contribution in [0.5, 0.6) is 0 Å². The summed E-state index contributed by atoms with van der Waals surface area (Å²) in [5.74, 6) is -2.20. The Bertz CT molecular complexity index is 238. The molecule has 1 atom stereocenters. The summed E-state index contributed by atoms with van der Waals surface area (Å²) in [6.07, 6.45) is -0.346. The van der Waals surface area contributed by atoms with Gasteiger partial charge < -0.3 is 15.6 Å². The molecule has 0 unspecified atom stereocenters. The first-order chi connectivity index (χ1) is 4.83.